The molecular formula is C8H20O4S2. The van der Waals surface area contributed by atoms with E-state index in [9.17, 15) is 8.42 Å². The molecule has 0 aliphatic carbocycles. The number of hydrogen-bond acceptors (Lipinski definition) is 3. The number of rotatable bonds is 2. The predicted molar refractivity (Wildman–Crippen MR) is 62.6 cm³/mol. The molecule has 0 saturated carbocycles. The van der Waals surface area contributed by atoms with Gasteiger partial charge >= 0.3 is 0 Å². The summed E-state index contributed by atoms with van der Waals surface area (Å²) in [6.45, 7) is 7.10. The number of allylic oxidation sites excluding steroid dienone is 1. The summed E-state index contributed by atoms with van der Waals surface area (Å²) in [5.41, 5.74) is 0. The molecule has 1 unspecified atom stereocenters. The van der Waals surface area contributed by atoms with Crippen molar-refractivity contribution in [1.82, 2.24) is 0 Å². The van der Waals surface area contributed by atoms with Crippen molar-refractivity contribution in [1.29, 1.82) is 0 Å². The molecular weight excluding hydrogens is 224 g/mol. The molecule has 1 atom stereocenters. The summed E-state index contributed by atoms with van der Waals surface area (Å²) in [5.74, 6) is 0.312. The van der Waals surface area contributed by atoms with Gasteiger partial charge in [0.05, 0.1) is 0 Å². The van der Waals surface area contributed by atoms with Crippen molar-refractivity contribution in [3.8, 4) is 0 Å². The molecule has 0 radical (unpaired) electrons. The molecule has 0 fully saturated rings. The van der Waals surface area contributed by atoms with Gasteiger partial charge < -0.3 is 4.55 Å². The van der Waals surface area contributed by atoms with Gasteiger partial charge in [-0.1, -0.05) is 13.0 Å². The minimum atomic E-state index is -2.67. The second kappa shape index (κ2) is 12.8. The summed E-state index contributed by atoms with van der Waals surface area (Å²) in [7, 11) is -2.67. The van der Waals surface area contributed by atoms with E-state index >= 15 is 0 Å². The van der Waals surface area contributed by atoms with E-state index in [0.717, 1.165) is 6.42 Å². The van der Waals surface area contributed by atoms with Crippen LogP contribution in [-0.4, -0.2) is 35.4 Å². The Hall–Kier alpha value is -0.200. The maximum atomic E-state index is 10.2. The minimum Gasteiger partial charge on any atom is -0.306 e. The van der Waals surface area contributed by atoms with Crippen LogP contribution in [0.2, 0.25) is 0 Å². The molecule has 0 aromatic rings. The highest BCUT2D eigenvalue weighted by Gasteiger charge is 1.95. The van der Waals surface area contributed by atoms with Crippen LogP contribution in [0.3, 0.4) is 0 Å². The zero-order valence-electron chi connectivity index (χ0n) is 9.19. The van der Waals surface area contributed by atoms with Gasteiger partial charge in [-0.25, -0.2) is 12.6 Å². The zero-order valence-corrected chi connectivity index (χ0v) is 10.8. The van der Waals surface area contributed by atoms with Crippen LogP contribution < -0.4 is 0 Å². The van der Waals surface area contributed by atoms with Gasteiger partial charge in [-0.3, -0.25) is 0 Å². The van der Waals surface area contributed by atoms with E-state index in [-0.39, 0.29) is 0 Å². The summed E-state index contributed by atoms with van der Waals surface area (Å²) in [4.78, 5) is 0. The van der Waals surface area contributed by atoms with Gasteiger partial charge in [-0.05, 0) is 13.3 Å². The highest BCUT2D eigenvalue weighted by Crippen LogP contribution is 1.84. The minimum absolute atomic E-state index is 0.312. The summed E-state index contributed by atoms with van der Waals surface area (Å²) in [6.07, 6.45) is 4.91. The topological polar surface area (TPSA) is 71.4 Å². The second-order valence-electron chi connectivity index (χ2n) is 2.46. The van der Waals surface area contributed by atoms with E-state index < -0.39 is 20.9 Å². The van der Waals surface area contributed by atoms with Crippen LogP contribution in [0.1, 0.15) is 20.3 Å². The first-order valence-corrected chi connectivity index (χ1v) is 7.56. The second-order valence-corrected chi connectivity index (χ2v) is 5.57. The monoisotopic (exact) mass is 244 g/mol. The Labute approximate surface area is 89.6 Å². The zero-order chi connectivity index (χ0) is 12.2. The normalized spacial score (nSPS) is 11.2. The number of hydrogen-bond donors (Lipinski definition) is 1. The summed E-state index contributed by atoms with van der Waals surface area (Å²) in [5, 5.41) is 0. The van der Waals surface area contributed by atoms with E-state index in [1.54, 1.807) is 6.08 Å². The highest BCUT2D eigenvalue weighted by atomic mass is 32.2. The first kappa shape index (κ1) is 19.4. The molecule has 0 spiro atoms. The van der Waals surface area contributed by atoms with Crippen LogP contribution in [0.5, 0.6) is 0 Å². The van der Waals surface area contributed by atoms with E-state index in [4.69, 9.17) is 8.76 Å². The van der Waals surface area contributed by atoms with Crippen molar-refractivity contribution in [2.45, 2.75) is 20.3 Å². The van der Waals surface area contributed by atoms with Gasteiger partial charge in [-0.15, -0.1) is 6.58 Å². The van der Waals surface area contributed by atoms with Crippen LogP contribution in [0.15, 0.2) is 12.7 Å². The Kier molecular flexibility index (Phi) is 17.7. The SMILES string of the molecule is C=CC.CCCS(C)(=O)=O.CS(=O)O. The number of sulfone groups is 1. The van der Waals surface area contributed by atoms with E-state index in [1.165, 1.54) is 12.5 Å². The quantitative estimate of drug-likeness (QED) is 0.590. The molecule has 1 N–H and O–H groups in total. The van der Waals surface area contributed by atoms with Gasteiger partial charge in [-0.2, -0.15) is 0 Å². The third kappa shape index (κ3) is 95.3. The Balaban J connectivity index is -0.000000147. The first-order valence-electron chi connectivity index (χ1n) is 3.98. The standard InChI is InChI=1S/C4H10O2S.C3H6.CH4O2S/c1-3-4-7(2,5)6;1-3-2;1-4(2)3/h3-4H2,1-2H3;3H,1H2,2H3;1H3,(H,2,3). The van der Waals surface area contributed by atoms with Crippen LogP contribution in [-0.2, 0) is 20.9 Å². The smallest absolute Gasteiger partial charge is 0.149 e. The third-order valence-electron chi connectivity index (χ3n) is 0.575. The molecule has 0 aliphatic heterocycles. The maximum Gasteiger partial charge on any atom is 0.149 e. The summed E-state index contributed by atoms with van der Waals surface area (Å²) in [6, 6.07) is 0. The molecule has 4 nitrogen and oxygen atoms in total. The average Bonchev–Trinajstić information content (AvgIpc) is 1.83. The van der Waals surface area contributed by atoms with Crippen LogP contribution in [0.4, 0.5) is 0 Å². The lowest BCUT2D eigenvalue weighted by molar-refractivity contribution is 0.571. The fraction of sp³-hybridized carbons (Fsp3) is 0.750. The summed E-state index contributed by atoms with van der Waals surface area (Å²) >= 11 is -1.61. The van der Waals surface area contributed by atoms with Gasteiger partial charge in [0.15, 0.2) is 0 Å². The van der Waals surface area contributed by atoms with E-state index in [0.29, 0.717) is 5.75 Å². The van der Waals surface area contributed by atoms with Crippen LogP contribution in [0.25, 0.3) is 0 Å². The van der Waals surface area contributed by atoms with Crippen molar-refractivity contribution in [3.05, 3.63) is 12.7 Å². The fourth-order valence-electron chi connectivity index (χ4n) is 0.371. The van der Waals surface area contributed by atoms with Crippen molar-refractivity contribution < 1.29 is 17.2 Å². The molecule has 0 bridgehead atoms. The van der Waals surface area contributed by atoms with Crippen LogP contribution in [0, 0.1) is 0 Å². The molecule has 0 aromatic heterocycles. The van der Waals surface area contributed by atoms with Gasteiger partial charge in [0.25, 0.3) is 0 Å². The maximum absolute atomic E-state index is 10.2. The molecule has 0 rings (SSSR count). The Bertz CT molecular complexity index is 228. The van der Waals surface area contributed by atoms with Gasteiger partial charge in [0.2, 0.25) is 0 Å². The fourth-order valence-corrected chi connectivity index (χ4v) is 1.11. The van der Waals surface area contributed by atoms with Crippen molar-refractivity contribution in [2.75, 3.05) is 18.3 Å². The van der Waals surface area contributed by atoms with Crippen molar-refractivity contribution in [2.24, 2.45) is 0 Å². The predicted octanol–water partition coefficient (Wildman–Crippen LogP) is 1.47. The van der Waals surface area contributed by atoms with E-state index in [2.05, 4.69) is 6.58 Å². The average molecular weight is 244 g/mol. The third-order valence-corrected chi connectivity index (χ3v) is 1.72. The molecule has 6 heteroatoms. The Morgan fingerprint density at radius 2 is 1.71 bits per heavy atom. The van der Waals surface area contributed by atoms with Crippen LogP contribution >= 0.6 is 0 Å². The Morgan fingerprint density at radius 1 is 1.50 bits per heavy atom. The molecule has 0 aliphatic rings. The molecule has 0 amide bonds. The molecule has 0 saturated heterocycles. The molecule has 88 valence electrons. The lowest BCUT2D eigenvalue weighted by Gasteiger charge is -1.87. The van der Waals surface area contributed by atoms with E-state index in [1.807, 2.05) is 13.8 Å². The lowest BCUT2D eigenvalue weighted by Crippen LogP contribution is -2.00. The van der Waals surface area contributed by atoms with Crippen molar-refractivity contribution >= 4 is 20.9 Å². The Morgan fingerprint density at radius 3 is 1.71 bits per heavy atom. The molecule has 0 heterocycles. The first-order chi connectivity index (χ1) is 6.21. The largest absolute Gasteiger partial charge is 0.306 e. The van der Waals surface area contributed by atoms with Gasteiger partial charge in [0.1, 0.15) is 20.9 Å². The molecule has 0 aromatic carbocycles. The summed E-state index contributed by atoms with van der Waals surface area (Å²) < 4.78 is 37.1. The lowest BCUT2D eigenvalue weighted by atomic mass is 10.6. The van der Waals surface area contributed by atoms with Crippen molar-refractivity contribution in [3.63, 3.8) is 0 Å². The van der Waals surface area contributed by atoms with Gasteiger partial charge in [0, 0.05) is 18.3 Å². The highest BCUT2D eigenvalue weighted by molar-refractivity contribution is 7.90. The molecule has 14 heavy (non-hydrogen) atoms.